The molecular weight excluding hydrogens is 300 g/mol. The molecule has 0 aromatic heterocycles. The zero-order valence-corrected chi connectivity index (χ0v) is 13.4. The molecule has 3 rings (SSSR count). The van der Waals surface area contributed by atoms with Crippen LogP contribution in [0.25, 0.3) is 0 Å². The first-order valence-corrected chi connectivity index (χ1v) is 8.63. The molecule has 0 saturated carbocycles. The fourth-order valence-corrected chi connectivity index (χ4v) is 4.25. The second-order valence-electron chi connectivity index (χ2n) is 5.44. The van der Waals surface area contributed by atoms with E-state index in [2.05, 4.69) is 0 Å². The van der Waals surface area contributed by atoms with Crippen molar-refractivity contribution in [2.24, 2.45) is 0 Å². The van der Waals surface area contributed by atoms with Gasteiger partial charge in [0.15, 0.2) is 0 Å². The summed E-state index contributed by atoms with van der Waals surface area (Å²) in [5, 5.41) is 0. The smallest absolute Gasteiger partial charge is 0.210 e. The van der Waals surface area contributed by atoms with Crippen LogP contribution in [-0.4, -0.2) is 27.7 Å². The Kier molecular flexibility index (Phi) is 3.93. The molecule has 0 spiro atoms. The monoisotopic (exact) mass is 318 g/mol. The van der Waals surface area contributed by atoms with E-state index < -0.39 is 9.84 Å². The van der Waals surface area contributed by atoms with Crippen molar-refractivity contribution in [3.8, 4) is 5.75 Å². The molecule has 4 nitrogen and oxygen atoms in total. The van der Waals surface area contributed by atoms with E-state index in [0.717, 1.165) is 5.56 Å². The molecule has 1 heterocycles. The summed E-state index contributed by atoms with van der Waals surface area (Å²) in [4.78, 5) is 0.557. The molecule has 5 heteroatoms. The number of epoxide rings is 1. The molecule has 2 aromatic carbocycles. The Labute approximate surface area is 130 Å². The Hall–Kier alpha value is -1.85. The number of aryl methyl sites for hydroxylation is 2. The zero-order chi connectivity index (χ0) is 15.7. The molecule has 0 N–H and O–H groups in total. The van der Waals surface area contributed by atoms with Crippen LogP contribution in [0.2, 0.25) is 0 Å². The summed E-state index contributed by atoms with van der Waals surface area (Å²) >= 11 is 0. The molecule has 2 aromatic rings. The first-order chi connectivity index (χ1) is 10.5. The molecule has 116 valence electrons. The SMILES string of the molecule is Cc1ccccc1S(=O)(=O)c1c(C)cccc1OCC1CO1. The fourth-order valence-electron chi connectivity index (χ4n) is 2.40. The molecule has 0 aliphatic carbocycles. The lowest BCUT2D eigenvalue weighted by molar-refractivity contribution is 0.257. The molecule has 22 heavy (non-hydrogen) atoms. The predicted molar refractivity (Wildman–Crippen MR) is 83.0 cm³/mol. The minimum Gasteiger partial charge on any atom is -0.489 e. The quantitative estimate of drug-likeness (QED) is 0.795. The second-order valence-corrected chi connectivity index (χ2v) is 7.29. The van der Waals surface area contributed by atoms with Gasteiger partial charge >= 0.3 is 0 Å². The van der Waals surface area contributed by atoms with E-state index in [1.807, 2.05) is 6.07 Å². The van der Waals surface area contributed by atoms with Crippen LogP contribution >= 0.6 is 0 Å². The highest BCUT2D eigenvalue weighted by atomic mass is 32.2. The Bertz CT molecular complexity index is 792. The van der Waals surface area contributed by atoms with Crippen LogP contribution in [0.15, 0.2) is 52.3 Å². The van der Waals surface area contributed by atoms with Gasteiger partial charge in [0.25, 0.3) is 0 Å². The molecule has 0 radical (unpaired) electrons. The van der Waals surface area contributed by atoms with E-state index >= 15 is 0 Å². The van der Waals surface area contributed by atoms with E-state index in [4.69, 9.17) is 9.47 Å². The summed E-state index contributed by atoms with van der Waals surface area (Å²) in [6, 6.07) is 12.3. The van der Waals surface area contributed by atoms with Crippen molar-refractivity contribution in [3.63, 3.8) is 0 Å². The summed E-state index contributed by atoms with van der Waals surface area (Å²) in [5.74, 6) is 0.388. The van der Waals surface area contributed by atoms with Gasteiger partial charge in [0, 0.05) is 0 Å². The van der Waals surface area contributed by atoms with Gasteiger partial charge in [-0.3, -0.25) is 0 Å². The molecule has 0 amide bonds. The van der Waals surface area contributed by atoms with Gasteiger partial charge in [-0.15, -0.1) is 0 Å². The minimum absolute atomic E-state index is 0.0783. The Morgan fingerprint density at radius 1 is 1.09 bits per heavy atom. The summed E-state index contributed by atoms with van der Waals surface area (Å²) < 4.78 is 36.9. The van der Waals surface area contributed by atoms with E-state index in [1.54, 1.807) is 50.2 Å². The lowest BCUT2D eigenvalue weighted by atomic mass is 10.2. The number of sulfone groups is 1. The molecule has 1 atom stereocenters. The maximum Gasteiger partial charge on any atom is 0.210 e. The van der Waals surface area contributed by atoms with Crippen LogP contribution in [-0.2, 0) is 14.6 Å². The molecule has 1 aliphatic heterocycles. The molecule has 1 fully saturated rings. The van der Waals surface area contributed by atoms with Crippen molar-refractivity contribution in [2.75, 3.05) is 13.2 Å². The maximum atomic E-state index is 13.0. The predicted octanol–water partition coefficient (Wildman–Crippen LogP) is 2.91. The van der Waals surface area contributed by atoms with Gasteiger partial charge in [-0.05, 0) is 37.1 Å². The van der Waals surface area contributed by atoms with Gasteiger partial charge in [0.1, 0.15) is 23.4 Å². The molecule has 1 saturated heterocycles. The second kappa shape index (κ2) is 5.74. The van der Waals surface area contributed by atoms with Crippen LogP contribution in [0.1, 0.15) is 11.1 Å². The number of hydrogen-bond donors (Lipinski definition) is 0. The summed E-state index contributed by atoms with van der Waals surface area (Å²) in [6.45, 7) is 4.63. The van der Waals surface area contributed by atoms with E-state index in [1.165, 1.54) is 0 Å². The van der Waals surface area contributed by atoms with Gasteiger partial charge in [0.2, 0.25) is 9.84 Å². The Morgan fingerprint density at radius 2 is 1.77 bits per heavy atom. The van der Waals surface area contributed by atoms with Crippen LogP contribution in [0.5, 0.6) is 5.75 Å². The molecule has 1 unspecified atom stereocenters. The van der Waals surface area contributed by atoms with Crippen LogP contribution in [0.3, 0.4) is 0 Å². The maximum absolute atomic E-state index is 13.0. The number of hydrogen-bond acceptors (Lipinski definition) is 4. The van der Waals surface area contributed by atoms with E-state index in [0.29, 0.717) is 29.4 Å². The van der Waals surface area contributed by atoms with Crippen molar-refractivity contribution in [1.29, 1.82) is 0 Å². The largest absolute Gasteiger partial charge is 0.489 e. The van der Waals surface area contributed by atoms with Crippen molar-refractivity contribution >= 4 is 9.84 Å². The van der Waals surface area contributed by atoms with Gasteiger partial charge in [-0.1, -0.05) is 30.3 Å². The van der Waals surface area contributed by atoms with Gasteiger partial charge in [-0.25, -0.2) is 8.42 Å². The standard InChI is InChI=1S/C17H18O4S/c1-12-6-3-4-9-16(12)22(18,19)17-13(2)7-5-8-15(17)21-11-14-10-20-14/h3-9,14H,10-11H2,1-2H3. The van der Waals surface area contributed by atoms with Crippen molar-refractivity contribution < 1.29 is 17.9 Å². The van der Waals surface area contributed by atoms with Gasteiger partial charge in [0.05, 0.1) is 11.5 Å². The van der Waals surface area contributed by atoms with Gasteiger partial charge < -0.3 is 9.47 Å². The van der Waals surface area contributed by atoms with Crippen molar-refractivity contribution in [1.82, 2.24) is 0 Å². The minimum atomic E-state index is -3.62. The average Bonchev–Trinajstić information content (AvgIpc) is 3.29. The Balaban J connectivity index is 2.07. The molecular formula is C17H18O4S. The highest BCUT2D eigenvalue weighted by Crippen LogP contribution is 2.34. The average molecular weight is 318 g/mol. The number of benzene rings is 2. The summed E-state index contributed by atoms with van der Waals surface area (Å²) in [5.41, 5.74) is 1.40. The van der Waals surface area contributed by atoms with Crippen LogP contribution in [0.4, 0.5) is 0 Å². The van der Waals surface area contributed by atoms with Crippen molar-refractivity contribution in [2.45, 2.75) is 29.7 Å². The summed E-state index contributed by atoms with van der Waals surface area (Å²) in [6.07, 6.45) is 0.0783. The highest BCUT2D eigenvalue weighted by Gasteiger charge is 2.28. The first-order valence-electron chi connectivity index (χ1n) is 7.15. The normalized spacial score (nSPS) is 17.3. The lowest BCUT2D eigenvalue weighted by Gasteiger charge is -2.15. The van der Waals surface area contributed by atoms with Crippen LogP contribution < -0.4 is 4.74 Å². The first kappa shape index (κ1) is 15.1. The lowest BCUT2D eigenvalue weighted by Crippen LogP contribution is -2.11. The third-order valence-corrected chi connectivity index (χ3v) is 5.75. The third-order valence-electron chi connectivity index (χ3n) is 3.65. The number of ether oxygens (including phenoxy) is 2. The molecule has 0 bridgehead atoms. The Morgan fingerprint density at radius 3 is 2.45 bits per heavy atom. The van der Waals surface area contributed by atoms with E-state index in [9.17, 15) is 8.42 Å². The molecule has 1 aliphatic rings. The topological polar surface area (TPSA) is 55.9 Å². The zero-order valence-electron chi connectivity index (χ0n) is 12.6. The highest BCUT2D eigenvalue weighted by molar-refractivity contribution is 7.91. The third kappa shape index (κ3) is 2.87. The van der Waals surface area contributed by atoms with E-state index in [-0.39, 0.29) is 11.0 Å². The summed E-state index contributed by atoms with van der Waals surface area (Å²) in [7, 11) is -3.62. The number of rotatable bonds is 5. The van der Waals surface area contributed by atoms with Gasteiger partial charge in [-0.2, -0.15) is 0 Å². The van der Waals surface area contributed by atoms with Crippen molar-refractivity contribution in [3.05, 3.63) is 53.6 Å². The van der Waals surface area contributed by atoms with Crippen LogP contribution in [0, 0.1) is 13.8 Å². The fraction of sp³-hybridized carbons (Fsp3) is 0.294.